The van der Waals surface area contributed by atoms with E-state index < -0.39 is 5.82 Å². The van der Waals surface area contributed by atoms with Gasteiger partial charge in [0.1, 0.15) is 11.6 Å². The molecule has 3 nitrogen and oxygen atoms in total. The first-order valence-corrected chi connectivity index (χ1v) is 5.42. The number of carbonyl (C=O) groups is 1. The van der Waals surface area contributed by atoms with Crippen LogP contribution in [0, 0.1) is 5.82 Å². The average Bonchev–Trinajstić information content (AvgIpc) is 2.25. The summed E-state index contributed by atoms with van der Waals surface area (Å²) in [6.07, 6.45) is 2.95. The average molecular weight is 259 g/mol. The molecule has 5 heteroatoms. The van der Waals surface area contributed by atoms with Gasteiger partial charge in [0.25, 0.3) is 0 Å². The molecule has 1 aromatic carbocycles. The molecule has 0 saturated carbocycles. The molecule has 0 fully saturated rings. The summed E-state index contributed by atoms with van der Waals surface area (Å²) >= 11 is 5.59. The highest BCUT2D eigenvalue weighted by molar-refractivity contribution is 6.32. The number of phenols is 1. The second-order valence-electron chi connectivity index (χ2n) is 3.24. The minimum absolute atomic E-state index is 0.0570. The second kappa shape index (κ2) is 6.25. The van der Waals surface area contributed by atoms with Crippen molar-refractivity contribution in [1.82, 2.24) is 0 Å². The molecule has 92 valence electrons. The van der Waals surface area contributed by atoms with Crippen molar-refractivity contribution >= 4 is 23.6 Å². The molecule has 0 bridgehead atoms. The third kappa shape index (κ3) is 4.07. The number of hydrogen-bond acceptors (Lipinski definition) is 3. The van der Waals surface area contributed by atoms with Gasteiger partial charge in [-0.2, -0.15) is 0 Å². The van der Waals surface area contributed by atoms with Crippen LogP contribution in [-0.2, 0) is 9.53 Å². The molecule has 0 spiro atoms. The van der Waals surface area contributed by atoms with Gasteiger partial charge in [-0.25, -0.2) is 4.39 Å². The molecule has 1 N–H and O–H groups in total. The minimum atomic E-state index is -0.552. The zero-order valence-electron chi connectivity index (χ0n) is 9.24. The van der Waals surface area contributed by atoms with Crippen LogP contribution in [0.5, 0.6) is 5.75 Å². The third-order valence-electron chi connectivity index (χ3n) is 1.94. The Hall–Kier alpha value is -1.55. The van der Waals surface area contributed by atoms with Crippen LogP contribution < -0.4 is 0 Å². The summed E-state index contributed by atoms with van der Waals surface area (Å²) in [6, 6.07) is 2.14. The molecule has 0 aliphatic carbocycles. The fraction of sp³-hybridized carbons (Fsp3) is 0.250. The van der Waals surface area contributed by atoms with E-state index in [4.69, 9.17) is 16.3 Å². The zero-order valence-corrected chi connectivity index (χ0v) is 10.00. The monoisotopic (exact) mass is 258 g/mol. The number of ether oxygens (including phenoxy) is 1. The van der Waals surface area contributed by atoms with E-state index in [1.54, 1.807) is 6.92 Å². The Morgan fingerprint density at radius 2 is 2.29 bits per heavy atom. The number of halogens is 2. The lowest BCUT2D eigenvalue weighted by Crippen LogP contribution is -2.01. The molecule has 0 aliphatic heterocycles. The largest absolute Gasteiger partial charge is 0.506 e. The van der Waals surface area contributed by atoms with Crippen LogP contribution in [0.4, 0.5) is 4.39 Å². The number of carbonyl (C=O) groups excluding carboxylic acids is 1. The van der Waals surface area contributed by atoms with Crippen LogP contribution in [0.3, 0.4) is 0 Å². The molecule has 17 heavy (non-hydrogen) atoms. The van der Waals surface area contributed by atoms with Crippen molar-refractivity contribution in [3.05, 3.63) is 34.6 Å². The molecule has 0 amide bonds. The number of benzene rings is 1. The summed E-state index contributed by atoms with van der Waals surface area (Å²) in [5.41, 5.74) is 0.222. The first-order valence-electron chi connectivity index (χ1n) is 5.04. The van der Waals surface area contributed by atoms with Crippen LogP contribution in [0.2, 0.25) is 5.02 Å². The van der Waals surface area contributed by atoms with Gasteiger partial charge in [0.05, 0.1) is 18.1 Å². The molecule has 0 heterocycles. The Kier molecular flexibility index (Phi) is 4.97. The summed E-state index contributed by atoms with van der Waals surface area (Å²) in [6.45, 7) is 2.02. The Morgan fingerprint density at radius 3 is 2.94 bits per heavy atom. The Balaban J connectivity index is 2.74. The van der Waals surface area contributed by atoms with Gasteiger partial charge in [0.15, 0.2) is 0 Å². The maximum absolute atomic E-state index is 13.0. The lowest BCUT2D eigenvalue weighted by atomic mass is 10.1. The van der Waals surface area contributed by atoms with Gasteiger partial charge in [-0.3, -0.25) is 4.79 Å². The standard InChI is InChI=1S/C12H12ClFO3/c1-2-17-11(15)5-3-4-8-6-9(14)7-10(13)12(8)16/h3-4,6-7,16H,2,5H2,1H3. The molecule has 0 saturated heterocycles. The molecule has 0 aromatic heterocycles. The molecule has 0 aliphatic rings. The number of aromatic hydroxyl groups is 1. The summed E-state index contributed by atoms with van der Waals surface area (Å²) in [5, 5.41) is 9.46. The highest BCUT2D eigenvalue weighted by atomic mass is 35.5. The van der Waals surface area contributed by atoms with Crippen LogP contribution in [0.25, 0.3) is 6.08 Å². The third-order valence-corrected chi connectivity index (χ3v) is 2.23. The van der Waals surface area contributed by atoms with Gasteiger partial charge >= 0.3 is 5.97 Å². The van der Waals surface area contributed by atoms with E-state index in [0.29, 0.717) is 6.61 Å². The van der Waals surface area contributed by atoms with Crippen molar-refractivity contribution in [1.29, 1.82) is 0 Å². The molecular weight excluding hydrogens is 247 g/mol. The van der Waals surface area contributed by atoms with E-state index in [1.165, 1.54) is 12.2 Å². The van der Waals surface area contributed by atoms with E-state index in [9.17, 15) is 14.3 Å². The number of rotatable bonds is 4. The van der Waals surface area contributed by atoms with E-state index in [0.717, 1.165) is 12.1 Å². The van der Waals surface area contributed by atoms with Crippen LogP contribution in [-0.4, -0.2) is 17.7 Å². The maximum Gasteiger partial charge on any atom is 0.309 e. The van der Waals surface area contributed by atoms with Crippen molar-refractivity contribution in [2.45, 2.75) is 13.3 Å². The van der Waals surface area contributed by atoms with E-state index in [1.807, 2.05) is 0 Å². The first-order chi connectivity index (χ1) is 8.04. The maximum atomic E-state index is 13.0. The molecule has 0 unspecified atom stereocenters. The Morgan fingerprint density at radius 1 is 1.59 bits per heavy atom. The van der Waals surface area contributed by atoms with Crippen LogP contribution in [0.1, 0.15) is 18.9 Å². The van der Waals surface area contributed by atoms with Crippen LogP contribution in [0.15, 0.2) is 18.2 Å². The van der Waals surface area contributed by atoms with Crippen molar-refractivity contribution < 1.29 is 19.0 Å². The van der Waals surface area contributed by atoms with Crippen molar-refractivity contribution in [3.63, 3.8) is 0 Å². The van der Waals surface area contributed by atoms with Crippen LogP contribution >= 0.6 is 11.6 Å². The number of phenolic OH excluding ortho intramolecular Hbond substituents is 1. The summed E-state index contributed by atoms with van der Waals surface area (Å²) < 4.78 is 17.7. The predicted molar refractivity (Wildman–Crippen MR) is 63.4 cm³/mol. The summed E-state index contributed by atoms with van der Waals surface area (Å²) in [5.74, 6) is -1.15. The zero-order chi connectivity index (χ0) is 12.8. The van der Waals surface area contributed by atoms with Crippen molar-refractivity contribution in [2.24, 2.45) is 0 Å². The van der Waals surface area contributed by atoms with Gasteiger partial charge in [0, 0.05) is 5.56 Å². The van der Waals surface area contributed by atoms with E-state index in [-0.39, 0.29) is 28.7 Å². The fourth-order valence-corrected chi connectivity index (χ4v) is 1.43. The lowest BCUT2D eigenvalue weighted by molar-refractivity contribution is -0.142. The van der Waals surface area contributed by atoms with Crippen molar-refractivity contribution in [2.75, 3.05) is 6.61 Å². The number of esters is 1. The van der Waals surface area contributed by atoms with Gasteiger partial charge in [0.2, 0.25) is 0 Å². The lowest BCUT2D eigenvalue weighted by Gasteiger charge is -2.02. The highest BCUT2D eigenvalue weighted by Gasteiger charge is 2.06. The first kappa shape index (κ1) is 13.5. The van der Waals surface area contributed by atoms with Gasteiger partial charge in [-0.1, -0.05) is 23.8 Å². The fourth-order valence-electron chi connectivity index (χ4n) is 1.21. The van der Waals surface area contributed by atoms with Crippen molar-refractivity contribution in [3.8, 4) is 5.75 Å². The van der Waals surface area contributed by atoms with Gasteiger partial charge in [-0.15, -0.1) is 0 Å². The predicted octanol–water partition coefficient (Wildman–Crippen LogP) is 3.15. The Labute approximate surface area is 103 Å². The van der Waals surface area contributed by atoms with E-state index in [2.05, 4.69) is 0 Å². The SMILES string of the molecule is CCOC(=O)CC=Cc1cc(F)cc(Cl)c1O. The quantitative estimate of drug-likeness (QED) is 0.844. The molecule has 0 radical (unpaired) electrons. The molecule has 0 atom stereocenters. The van der Waals surface area contributed by atoms with Gasteiger partial charge in [-0.05, 0) is 19.1 Å². The normalized spacial score (nSPS) is 10.8. The Bertz CT molecular complexity index is 444. The van der Waals surface area contributed by atoms with E-state index >= 15 is 0 Å². The number of hydrogen-bond donors (Lipinski definition) is 1. The molecule has 1 aromatic rings. The minimum Gasteiger partial charge on any atom is -0.506 e. The smallest absolute Gasteiger partial charge is 0.309 e. The topological polar surface area (TPSA) is 46.5 Å². The summed E-state index contributed by atoms with van der Waals surface area (Å²) in [4.78, 5) is 11.0. The molecular formula is C12H12ClFO3. The second-order valence-corrected chi connectivity index (χ2v) is 3.64. The van der Waals surface area contributed by atoms with Gasteiger partial charge < -0.3 is 9.84 Å². The highest BCUT2D eigenvalue weighted by Crippen LogP contribution is 2.29. The summed E-state index contributed by atoms with van der Waals surface area (Å²) in [7, 11) is 0. The molecule has 1 rings (SSSR count).